The van der Waals surface area contributed by atoms with Crippen molar-refractivity contribution in [2.24, 2.45) is 5.92 Å². The molecule has 0 spiro atoms. The van der Waals surface area contributed by atoms with Crippen molar-refractivity contribution >= 4 is 35.0 Å². The van der Waals surface area contributed by atoms with Crippen LogP contribution in [0.3, 0.4) is 0 Å². The minimum Gasteiger partial charge on any atom is -0.489 e. The van der Waals surface area contributed by atoms with Gasteiger partial charge in [-0.2, -0.15) is 11.8 Å². The van der Waals surface area contributed by atoms with Crippen LogP contribution in [0, 0.1) is 5.92 Å². The lowest BCUT2D eigenvalue weighted by molar-refractivity contribution is 0.165. The normalized spacial score (nSPS) is 20.5. The fraction of sp³-hybridized carbons (Fsp3) is 0.571. The van der Waals surface area contributed by atoms with Gasteiger partial charge in [-0.3, -0.25) is 0 Å². The second kappa shape index (κ2) is 7.63. The molecule has 0 unspecified atom stereocenters. The number of thioether (sulfide) groups is 1. The summed E-state index contributed by atoms with van der Waals surface area (Å²) in [7, 11) is 0. The van der Waals surface area contributed by atoms with E-state index in [4.69, 9.17) is 27.9 Å². The molecule has 0 aliphatic carbocycles. The standard InChI is InChI=1S/C14H19Cl2NOS/c1-2-19-9-14(10-5-6-17-8-10)18-11-3-4-12(15)13(16)7-11/h3-4,7,10,14,17H,2,5-6,8-9H2,1H3/t10-,14-/m0/s1. The number of hydrogen-bond acceptors (Lipinski definition) is 3. The number of rotatable bonds is 6. The van der Waals surface area contributed by atoms with E-state index in [1.807, 2.05) is 17.8 Å². The number of halogens is 2. The van der Waals surface area contributed by atoms with Crippen molar-refractivity contribution in [2.45, 2.75) is 19.4 Å². The molecule has 2 atom stereocenters. The highest BCUT2D eigenvalue weighted by molar-refractivity contribution is 7.99. The van der Waals surface area contributed by atoms with E-state index >= 15 is 0 Å². The lowest BCUT2D eigenvalue weighted by Gasteiger charge is -2.24. The highest BCUT2D eigenvalue weighted by Crippen LogP contribution is 2.29. The minimum atomic E-state index is 0.234. The lowest BCUT2D eigenvalue weighted by Crippen LogP contribution is -2.31. The van der Waals surface area contributed by atoms with E-state index in [0.29, 0.717) is 16.0 Å². The SMILES string of the molecule is CCSC[C@H](Oc1ccc(Cl)c(Cl)c1)[C@H]1CCNC1. The summed E-state index contributed by atoms with van der Waals surface area (Å²) in [6, 6.07) is 5.48. The van der Waals surface area contributed by atoms with Crippen LogP contribution in [-0.4, -0.2) is 30.7 Å². The zero-order chi connectivity index (χ0) is 13.7. The fourth-order valence-electron chi connectivity index (χ4n) is 2.22. The van der Waals surface area contributed by atoms with Crippen LogP contribution in [0.2, 0.25) is 10.0 Å². The van der Waals surface area contributed by atoms with E-state index in [9.17, 15) is 0 Å². The van der Waals surface area contributed by atoms with Crippen LogP contribution >= 0.6 is 35.0 Å². The van der Waals surface area contributed by atoms with Crippen molar-refractivity contribution in [3.8, 4) is 5.75 Å². The summed E-state index contributed by atoms with van der Waals surface area (Å²) in [6.07, 6.45) is 1.41. The van der Waals surface area contributed by atoms with Crippen LogP contribution in [0.4, 0.5) is 0 Å². The third-order valence-electron chi connectivity index (χ3n) is 3.29. The fourth-order valence-corrected chi connectivity index (χ4v) is 3.32. The van der Waals surface area contributed by atoms with E-state index in [1.54, 1.807) is 12.1 Å². The highest BCUT2D eigenvalue weighted by atomic mass is 35.5. The predicted octanol–water partition coefficient (Wildman–Crippen LogP) is 4.10. The summed E-state index contributed by atoms with van der Waals surface area (Å²) in [5.41, 5.74) is 0. The monoisotopic (exact) mass is 319 g/mol. The van der Waals surface area contributed by atoms with Crippen LogP contribution in [0.15, 0.2) is 18.2 Å². The van der Waals surface area contributed by atoms with Crippen molar-refractivity contribution in [3.05, 3.63) is 28.2 Å². The predicted molar refractivity (Wildman–Crippen MR) is 84.9 cm³/mol. The molecule has 5 heteroatoms. The maximum absolute atomic E-state index is 6.13. The van der Waals surface area contributed by atoms with E-state index in [0.717, 1.165) is 30.3 Å². The molecule has 1 aliphatic heterocycles. The molecule has 1 fully saturated rings. The molecule has 0 amide bonds. The van der Waals surface area contributed by atoms with Gasteiger partial charge in [0.25, 0.3) is 0 Å². The molecule has 0 radical (unpaired) electrons. The lowest BCUT2D eigenvalue weighted by atomic mass is 10.0. The largest absolute Gasteiger partial charge is 0.489 e. The van der Waals surface area contributed by atoms with Crippen LogP contribution in [0.1, 0.15) is 13.3 Å². The molecule has 19 heavy (non-hydrogen) atoms. The van der Waals surface area contributed by atoms with Gasteiger partial charge in [-0.15, -0.1) is 0 Å². The molecule has 106 valence electrons. The van der Waals surface area contributed by atoms with Crippen molar-refractivity contribution in [1.82, 2.24) is 5.32 Å². The average molecular weight is 320 g/mol. The Bertz CT molecular complexity index is 410. The molecular weight excluding hydrogens is 301 g/mol. The molecule has 1 N–H and O–H groups in total. The van der Waals surface area contributed by atoms with E-state index in [-0.39, 0.29) is 6.10 Å². The molecule has 1 heterocycles. The topological polar surface area (TPSA) is 21.3 Å². The molecule has 0 saturated carbocycles. The molecule has 1 aromatic rings. The Morgan fingerprint density at radius 1 is 1.42 bits per heavy atom. The van der Waals surface area contributed by atoms with Gasteiger partial charge in [0.05, 0.1) is 10.0 Å². The van der Waals surface area contributed by atoms with Crippen molar-refractivity contribution < 1.29 is 4.74 Å². The Morgan fingerprint density at radius 2 is 2.26 bits per heavy atom. The molecule has 0 bridgehead atoms. The van der Waals surface area contributed by atoms with Gasteiger partial charge in [0.15, 0.2) is 0 Å². The van der Waals surface area contributed by atoms with E-state index < -0.39 is 0 Å². The summed E-state index contributed by atoms with van der Waals surface area (Å²) in [5, 5.41) is 4.51. The Hall–Kier alpha value is -0.0900. The Kier molecular flexibility index (Phi) is 6.14. The van der Waals surface area contributed by atoms with Crippen LogP contribution < -0.4 is 10.1 Å². The summed E-state index contributed by atoms with van der Waals surface area (Å²) in [6.45, 7) is 4.30. The maximum atomic E-state index is 6.13. The van der Waals surface area contributed by atoms with Gasteiger partial charge >= 0.3 is 0 Å². The van der Waals surface area contributed by atoms with Crippen molar-refractivity contribution in [2.75, 3.05) is 24.6 Å². The first-order valence-electron chi connectivity index (χ1n) is 6.61. The molecule has 2 rings (SSSR count). The van der Waals surface area contributed by atoms with E-state index in [2.05, 4.69) is 12.2 Å². The van der Waals surface area contributed by atoms with Gasteiger partial charge in [-0.25, -0.2) is 0 Å². The zero-order valence-corrected chi connectivity index (χ0v) is 13.3. The molecule has 2 nitrogen and oxygen atoms in total. The quantitative estimate of drug-likeness (QED) is 0.852. The molecule has 1 aromatic carbocycles. The summed E-state index contributed by atoms with van der Waals surface area (Å²) in [5.74, 6) is 3.52. The van der Waals surface area contributed by atoms with Crippen LogP contribution in [0.25, 0.3) is 0 Å². The van der Waals surface area contributed by atoms with Gasteiger partial charge in [0.2, 0.25) is 0 Å². The highest BCUT2D eigenvalue weighted by Gasteiger charge is 2.26. The van der Waals surface area contributed by atoms with Gasteiger partial charge < -0.3 is 10.1 Å². The second-order valence-corrected chi connectivity index (χ2v) is 6.78. The number of nitrogens with one attached hydrogen (secondary N) is 1. The number of benzene rings is 1. The molecular formula is C14H19Cl2NOS. The first-order chi connectivity index (χ1) is 9.20. The summed E-state index contributed by atoms with van der Waals surface area (Å²) in [4.78, 5) is 0. The smallest absolute Gasteiger partial charge is 0.121 e. The van der Waals surface area contributed by atoms with Gasteiger partial charge in [-0.05, 0) is 30.9 Å². The van der Waals surface area contributed by atoms with E-state index in [1.165, 1.54) is 6.42 Å². The zero-order valence-electron chi connectivity index (χ0n) is 11.0. The van der Waals surface area contributed by atoms with Gasteiger partial charge in [0.1, 0.15) is 11.9 Å². The Morgan fingerprint density at radius 3 is 2.89 bits per heavy atom. The molecule has 1 aliphatic rings. The summed E-state index contributed by atoms with van der Waals surface area (Å²) >= 11 is 13.9. The molecule has 1 saturated heterocycles. The summed E-state index contributed by atoms with van der Waals surface area (Å²) < 4.78 is 6.13. The first-order valence-corrected chi connectivity index (χ1v) is 8.52. The second-order valence-electron chi connectivity index (χ2n) is 4.64. The maximum Gasteiger partial charge on any atom is 0.121 e. The Labute approximate surface area is 129 Å². The molecule has 0 aromatic heterocycles. The first kappa shape index (κ1) is 15.3. The van der Waals surface area contributed by atoms with Crippen LogP contribution in [-0.2, 0) is 0 Å². The third-order valence-corrected chi connectivity index (χ3v) is 5.00. The van der Waals surface area contributed by atoms with Crippen molar-refractivity contribution in [3.63, 3.8) is 0 Å². The number of ether oxygens (including phenoxy) is 1. The van der Waals surface area contributed by atoms with Gasteiger partial charge in [0, 0.05) is 24.3 Å². The van der Waals surface area contributed by atoms with Crippen LogP contribution in [0.5, 0.6) is 5.75 Å². The average Bonchev–Trinajstić information content (AvgIpc) is 2.92. The Balaban J connectivity index is 2.03. The number of hydrogen-bond donors (Lipinski definition) is 1. The van der Waals surface area contributed by atoms with Gasteiger partial charge in [-0.1, -0.05) is 30.1 Å². The van der Waals surface area contributed by atoms with Crippen molar-refractivity contribution in [1.29, 1.82) is 0 Å². The minimum absolute atomic E-state index is 0.234. The third kappa shape index (κ3) is 4.45.